The minimum Gasteiger partial charge on any atom is -0.507 e. The molecule has 0 saturated heterocycles. The fourth-order valence-electron chi connectivity index (χ4n) is 2.24. The molecule has 2 rings (SSSR count). The summed E-state index contributed by atoms with van der Waals surface area (Å²) in [7, 11) is 0. The lowest BCUT2D eigenvalue weighted by Gasteiger charge is -2.18. The van der Waals surface area contributed by atoms with E-state index in [1.807, 2.05) is 6.92 Å². The van der Waals surface area contributed by atoms with Gasteiger partial charge in [0.2, 0.25) is 5.60 Å². The molecule has 1 atom stereocenters. The van der Waals surface area contributed by atoms with Crippen LogP contribution in [0.1, 0.15) is 29.2 Å². The number of aromatic hydroxyl groups is 1. The first-order chi connectivity index (χ1) is 7.78. The Hall–Kier alpha value is -1.71. The van der Waals surface area contributed by atoms with Crippen molar-refractivity contribution in [2.24, 2.45) is 0 Å². The molecule has 92 valence electrons. The van der Waals surface area contributed by atoms with Crippen molar-refractivity contribution in [3.8, 4) is 11.5 Å². The molecule has 0 aromatic heterocycles. The minimum absolute atomic E-state index is 0.236. The number of rotatable bonds is 1. The fourth-order valence-corrected chi connectivity index (χ4v) is 2.24. The summed E-state index contributed by atoms with van der Waals surface area (Å²) in [5.74, 6) is -0.133. The molecule has 0 bridgehead atoms. The van der Waals surface area contributed by atoms with Crippen molar-refractivity contribution in [2.75, 3.05) is 0 Å². The van der Waals surface area contributed by atoms with E-state index in [1.165, 1.54) is 0 Å². The van der Waals surface area contributed by atoms with Gasteiger partial charge in [-0.3, -0.25) is 0 Å². The highest BCUT2D eigenvalue weighted by Gasteiger charge is 2.44. The summed E-state index contributed by atoms with van der Waals surface area (Å²) in [5.41, 5.74) is 1.85. The third kappa shape index (κ3) is 1.47. The maximum Gasteiger partial charge on any atom is 0.348 e. The molecule has 1 aromatic carbocycles. The standard InChI is InChI=1S/C13H16O4/c1-6-7(2)11-9(8(3)10(6)14)5-13(4,17-11)12(15)16/h14H,5H2,1-4H3,(H,15,16)/t13-/m0/s1. The molecule has 1 aromatic rings. The first kappa shape index (κ1) is 11.8. The van der Waals surface area contributed by atoms with E-state index in [9.17, 15) is 15.0 Å². The van der Waals surface area contributed by atoms with Gasteiger partial charge in [-0.05, 0) is 44.4 Å². The number of fused-ring (bicyclic) bond motifs is 1. The van der Waals surface area contributed by atoms with E-state index >= 15 is 0 Å². The van der Waals surface area contributed by atoms with Gasteiger partial charge in [0.15, 0.2) is 0 Å². The number of carbonyl (C=O) groups is 1. The Labute approximate surface area is 99.8 Å². The zero-order valence-corrected chi connectivity index (χ0v) is 10.4. The summed E-state index contributed by atoms with van der Waals surface area (Å²) in [6.45, 7) is 6.98. The van der Waals surface area contributed by atoms with Gasteiger partial charge in [0.1, 0.15) is 11.5 Å². The molecule has 1 heterocycles. The molecule has 0 fully saturated rings. The molecular weight excluding hydrogens is 220 g/mol. The monoisotopic (exact) mass is 236 g/mol. The Bertz CT molecular complexity index is 480. The van der Waals surface area contributed by atoms with E-state index in [2.05, 4.69) is 0 Å². The van der Waals surface area contributed by atoms with Crippen LogP contribution in [0.25, 0.3) is 0 Å². The Kier molecular flexibility index (Phi) is 2.35. The molecule has 17 heavy (non-hydrogen) atoms. The highest BCUT2D eigenvalue weighted by molar-refractivity contribution is 5.80. The highest BCUT2D eigenvalue weighted by Crippen LogP contribution is 2.44. The molecule has 1 aliphatic heterocycles. The van der Waals surface area contributed by atoms with Gasteiger partial charge >= 0.3 is 5.97 Å². The van der Waals surface area contributed by atoms with E-state index in [0.717, 1.165) is 16.7 Å². The molecule has 0 spiro atoms. The first-order valence-electron chi connectivity index (χ1n) is 5.52. The summed E-state index contributed by atoms with van der Waals surface area (Å²) in [5, 5.41) is 19.1. The van der Waals surface area contributed by atoms with E-state index in [-0.39, 0.29) is 12.2 Å². The molecule has 1 aliphatic rings. The van der Waals surface area contributed by atoms with Crippen LogP contribution >= 0.6 is 0 Å². The fraction of sp³-hybridized carbons (Fsp3) is 0.462. The van der Waals surface area contributed by atoms with Crippen molar-refractivity contribution in [1.29, 1.82) is 0 Å². The van der Waals surface area contributed by atoms with Crippen molar-refractivity contribution >= 4 is 5.97 Å². The van der Waals surface area contributed by atoms with Crippen LogP contribution in [0, 0.1) is 20.8 Å². The summed E-state index contributed by atoms with van der Waals surface area (Å²) in [6, 6.07) is 0. The van der Waals surface area contributed by atoms with Crippen LogP contribution in [-0.4, -0.2) is 21.8 Å². The van der Waals surface area contributed by atoms with Crippen LogP contribution in [0.15, 0.2) is 0 Å². The highest BCUT2D eigenvalue weighted by atomic mass is 16.5. The number of benzene rings is 1. The van der Waals surface area contributed by atoms with Crippen LogP contribution < -0.4 is 4.74 Å². The van der Waals surface area contributed by atoms with Gasteiger partial charge in [0, 0.05) is 12.0 Å². The predicted molar refractivity (Wildman–Crippen MR) is 62.7 cm³/mol. The number of phenolic OH excluding ortho intramolecular Hbond substituents is 1. The average molecular weight is 236 g/mol. The minimum atomic E-state index is -1.22. The average Bonchev–Trinajstić information content (AvgIpc) is 2.63. The van der Waals surface area contributed by atoms with E-state index in [4.69, 9.17) is 4.74 Å². The maximum absolute atomic E-state index is 11.2. The maximum atomic E-state index is 11.2. The molecule has 2 N–H and O–H groups in total. The van der Waals surface area contributed by atoms with Crippen LogP contribution in [0.3, 0.4) is 0 Å². The molecule has 0 aliphatic carbocycles. The SMILES string of the molecule is Cc1c(C)c2c(c(C)c1O)C[C@@](C)(C(=O)O)O2. The van der Waals surface area contributed by atoms with Gasteiger partial charge < -0.3 is 14.9 Å². The van der Waals surface area contributed by atoms with Gasteiger partial charge in [-0.1, -0.05) is 0 Å². The third-order valence-electron chi connectivity index (χ3n) is 3.63. The van der Waals surface area contributed by atoms with Crippen LogP contribution in [0.5, 0.6) is 11.5 Å². The summed E-state index contributed by atoms with van der Waals surface area (Å²) in [4.78, 5) is 11.2. The second kappa shape index (κ2) is 3.39. The topological polar surface area (TPSA) is 66.8 Å². The normalized spacial score (nSPS) is 22.1. The first-order valence-corrected chi connectivity index (χ1v) is 5.52. The van der Waals surface area contributed by atoms with Crippen molar-refractivity contribution in [3.05, 3.63) is 22.3 Å². The van der Waals surface area contributed by atoms with Crippen molar-refractivity contribution in [2.45, 2.75) is 39.7 Å². The second-order valence-electron chi connectivity index (χ2n) is 4.85. The Morgan fingerprint density at radius 1 is 1.24 bits per heavy atom. The summed E-state index contributed by atoms with van der Waals surface area (Å²) >= 11 is 0. The van der Waals surface area contributed by atoms with Gasteiger partial charge in [-0.15, -0.1) is 0 Å². The Morgan fingerprint density at radius 3 is 2.35 bits per heavy atom. The lowest BCUT2D eigenvalue weighted by atomic mass is 9.93. The molecule has 4 nitrogen and oxygen atoms in total. The smallest absolute Gasteiger partial charge is 0.348 e. The summed E-state index contributed by atoms with van der Waals surface area (Å²) in [6.07, 6.45) is 0.290. The van der Waals surface area contributed by atoms with Gasteiger partial charge in [0.25, 0.3) is 0 Å². The molecular formula is C13H16O4. The molecule has 0 amide bonds. The zero-order valence-electron chi connectivity index (χ0n) is 10.4. The number of aliphatic carboxylic acids is 1. The molecule has 0 saturated carbocycles. The zero-order chi connectivity index (χ0) is 13.0. The largest absolute Gasteiger partial charge is 0.507 e. The van der Waals surface area contributed by atoms with E-state index in [1.54, 1.807) is 20.8 Å². The second-order valence-corrected chi connectivity index (χ2v) is 4.85. The van der Waals surface area contributed by atoms with E-state index < -0.39 is 11.6 Å². The van der Waals surface area contributed by atoms with Crippen LogP contribution in [0.4, 0.5) is 0 Å². The van der Waals surface area contributed by atoms with Gasteiger partial charge in [-0.2, -0.15) is 0 Å². The molecule has 4 heteroatoms. The number of carboxylic acid groups (broad SMARTS) is 1. The lowest BCUT2D eigenvalue weighted by Crippen LogP contribution is -2.39. The lowest BCUT2D eigenvalue weighted by molar-refractivity contribution is -0.152. The number of hydrogen-bond acceptors (Lipinski definition) is 3. The molecule has 0 radical (unpaired) electrons. The van der Waals surface area contributed by atoms with Crippen molar-refractivity contribution < 1.29 is 19.7 Å². The van der Waals surface area contributed by atoms with Gasteiger partial charge in [-0.25, -0.2) is 4.79 Å². The van der Waals surface area contributed by atoms with Crippen LogP contribution in [-0.2, 0) is 11.2 Å². The number of ether oxygens (including phenoxy) is 1. The van der Waals surface area contributed by atoms with Crippen molar-refractivity contribution in [3.63, 3.8) is 0 Å². The number of phenols is 1. The Balaban J connectivity index is 2.64. The summed E-state index contributed by atoms with van der Waals surface area (Å²) < 4.78 is 5.59. The van der Waals surface area contributed by atoms with E-state index in [0.29, 0.717) is 11.3 Å². The van der Waals surface area contributed by atoms with Crippen LogP contribution in [0.2, 0.25) is 0 Å². The quantitative estimate of drug-likeness (QED) is 0.783. The van der Waals surface area contributed by atoms with Gasteiger partial charge in [0.05, 0.1) is 0 Å². The van der Waals surface area contributed by atoms with Crippen molar-refractivity contribution in [1.82, 2.24) is 0 Å². The predicted octanol–water partition coefficient (Wildman–Crippen LogP) is 2.10. The number of hydrogen-bond donors (Lipinski definition) is 2. The number of carboxylic acids is 1. The Morgan fingerprint density at radius 2 is 1.82 bits per heavy atom. The molecule has 0 unspecified atom stereocenters. The third-order valence-corrected chi connectivity index (χ3v) is 3.63.